The van der Waals surface area contributed by atoms with E-state index in [9.17, 15) is 9.65 Å². The van der Waals surface area contributed by atoms with Gasteiger partial charge in [0.2, 0.25) is 0 Å². The normalized spacial score (nSPS) is 11.0. The fourth-order valence-corrected chi connectivity index (χ4v) is 3.48. The molecule has 0 unspecified atom stereocenters. The van der Waals surface area contributed by atoms with Crippen LogP contribution in [0.15, 0.2) is 66.7 Å². The van der Waals surface area contributed by atoms with E-state index >= 15 is 0 Å². The molecule has 3 rings (SSSR count). The minimum Gasteiger partial charge on any atom is -0.493 e. The molecule has 0 aliphatic rings. The summed E-state index contributed by atoms with van der Waals surface area (Å²) in [5, 5.41) is 9.49. The molecule has 0 bridgehead atoms. The molecule has 0 aliphatic heterocycles. The Kier molecular flexibility index (Phi) is 6.66. The zero-order valence-electron chi connectivity index (χ0n) is 15.2. The van der Waals surface area contributed by atoms with Crippen molar-refractivity contribution in [1.82, 2.24) is 0 Å². The molecule has 0 amide bonds. The quantitative estimate of drug-likeness (QED) is 0.242. The number of benzene rings is 3. The first kappa shape index (κ1) is 19.9. The molecule has 5 heteroatoms. The topological polar surface area (TPSA) is 42.2 Å². The van der Waals surface area contributed by atoms with E-state index in [1.807, 2.05) is 36.4 Å². The zero-order valence-corrected chi connectivity index (χ0v) is 17.3. The minimum atomic E-state index is -0.379. The van der Waals surface area contributed by atoms with Gasteiger partial charge in [-0.3, -0.25) is 0 Å². The van der Waals surface area contributed by atoms with Gasteiger partial charge in [-0.1, -0.05) is 42.5 Å². The van der Waals surface area contributed by atoms with Crippen LogP contribution < -0.4 is 9.47 Å². The molecule has 3 nitrogen and oxygen atoms in total. The molecule has 0 radical (unpaired) electrons. The second-order valence-electron chi connectivity index (χ2n) is 5.99. The summed E-state index contributed by atoms with van der Waals surface area (Å²) in [6.07, 6.45) is 1.71. The lowest BCUT2D eigenvalue weighted by Crippen LogP contribution is -2.00. The summed E-state index contributed by atoms with van der Waals surface area (Å²) in [5.41, 5.74) is 2.73. The molecule has 3 aromatic carbocycles. The Hall–Kier alpha value is -2.85. The van der Waals surface area contributed by atoms with Gasteiger partial charge < -0.3 is 9.47 Å². The smallest absolute Gasteiger partial charge is 0.174 e. The first-order valence-electron chi connectivity index (χ1n) is 8.52. The van der Waals surface area contributed by atoms with Crippen LogP contribution in [-0.2, 0) is 6.61 Å². The van der Waals surface area contributed by atoms with Gasteiger partial charge in [-0.2, -0.15) is 5.26 Å². The lowest BCUT2D eigenvalue weighted by molar-refractivity contribution is 0.282. The largest absolute Gasteiger partial charge is 0.493 e. The summed E-state index contributed by atoms with van der Waals surface area (Å²) < 4.78 is 25.8. The molecule has 0 saturated heterocycles. The van der Waals surface area contributed by atoms with Crippen LogP contribution in [0, 0.1) is 20.7 Å². The Morgan fingerprint density at radius 2 is 1.89 bits per heavy atom. The predicted octanol–water partition coefficient (Wildman–Crippen LogP) is 6.08. The molecule has 0 fully saturated rings. The lowest BCUT2D eigenvalue weighted by Gasteiger charge is -2.14. The van der Waals surface area contributed by atoms with Crippen molar-refractivity contribution in [3.8, 4) is 17.6 Å². The van der Waals surface area contributed by atoms with Crippen molar-refractivity contribution in [2.24, 2.45) is 0 Å². The van der Waals surface area contributed by atoms with E-state index in [0.29, 0.717) is 29.2 Å². The molecule has 3 aromatic rings. The third kappa shape index (κ3) is 4.90. The summed E-state index contributed by atoms with van der Waals surface area (Å²) in [4.78, 5) is 0. The lowest BCUT2D eigenvalue weighted by atomic mass is 10.0. The second kappa shape index (κ2) is 9.38. The van der Waals surface area contributed by atoms with Crippen LogP contribution >= 0.6 is 22.6 Å². The van der Waals surface area contributed by atoms with Gasteiger partial charge in [-0.25, -0.2) is 4.39 Å². The van der Waals surface area contributed by atoms with Crippen molar-refractivity contribution < 1.29 is 13.9 Å². The summed E-state index contributed by atoms with van der Waals surface area (Å²) in [6.45, 7) is 0.426. The summed E-state index contributed by atoms with van der Waals surface area (Å²) >= 11 is 2.18. The maximum Gasteiger partial charge on any atom is 0.174 e. The Morgan fingerprint density at radius 3 is 2.57 bits per heavy atom. The summed E-state index contributed by atoms with van der Waals surface area (Å²) in [5.74, 6) is 0.842. The Morgan fingerprint density at radius 1 is 1.11 bits per heavy atom. The monoisotopic (exact) mass is 485 g/mol. The van der Waals surface area contributed by atoms with Crippen LogP contribution in [-0.4, -0.2) is 7.11 Å². The summed E-state index contributed by atoms with van der Waals surface area (Å²) in [6, 6.07) is 21.7. The molecule has 28 heavy (non-hydrogen) atoms. The van der Waals surface area contributed by atoms with Crippen LogP contribution in [0.5, 0.6) is 11.5 Å². The molecule has 140 valence electrons. The van der Waals surface area contributed by atoms with Gasteiger partial charge in [0, 0.05) is 0 Å². The van der Waals surface area contributed by atoms with Gasteiger partial charge in [0.1, 0.15) is 12.4 Å². The number of nitrogens with zero attached hydrogens (tertiary/aromatic N) is 1. The number of hydrogen-bond acceptors (Lipinski definition) is 3. The van der Waals surface area contributed by atoms with Gasteiger partial charge in [-0.05, 0) is 69.6 Å². The average Bonchev–Trinajstić information content (AvgIpc) is 2.71. The van der Waals surface area contributed by atoms with Gasteiger partial charge in [0.25, 0.3) is 0 Å². The third-order valence-corrected chi connectivity index (χ3v) is 4.85. The maximum absolute atomic E-state index is 13.5. The number of allylic oxidation sites excluding steroid dienone is 1. The Bertz CT molecular complexity index is 1040. The average molecular weight is 485 g/mol. The standard InChI is InChI=1S/C23H17FINO2/c1-27-22-12-17(10-19(14-26)18-8-5-9-20(24)13-18)11-21(25)23(22)28-15-16-6-3-2-4-7-16/h2-13H,15H2,1H3/b19-10-. The first-order chi connectivity index (χ1) is 13.6. The van der Waals surface area contributed by atoms with Crippen LogP contribution in [0.25, 0.3) is 11.6 Å². The van der Waals surface area contributed by atoms with Crippen molar-refractivity contribution in [2.75, 3.05) is 7.11 Å². The third-order valence-electron chi connectivity index (χ3n) is 4.04. The fourth-order valence-electron chi connectivity index (χ4n) is 2.70. The van der Waals surface area contributed by atoms with Crippen molar-refractivity contribution in [1.29, 1.82) is 5.26 Å². The number of ether oxygens (including phenoxy) is 2. The van der Waals surface area contributed by atoms with E-state index < -0.39 is 0 Å². The van der Waals surface area contributed by atoms with Gasteiger partial charge in [0.15, 0.2) is 11.5 Å². The van der Waals surface area contributed by atoms with Gasteiger partial charge in [-0.15, -0.1) is 0 Å². The van der Waals surface area contributed by atoms with Gasteiger partial charge in [0.05, 0.1) is 22.3 Å². The number of rotatable bonds is 6. The van der Waals surface area contributed by atoms with Crippen molar-refractivity contribution in [3.05, 3.63) is 92.8 Å². The van der Waals surface area contributed by atoms with E-state index in [1.54, 1.807) is 31.4 Å². The molecule has 0 atom stereocenters. The molecule has 0 N–H and O–H groups in total. The highest BCUT2D eigenvalue weighted by Crippen LogP contribution is 2.35. The summed E-state index contributed by atoms with van der Waals surface area (Å²) in [7, 11) is 1.58. The molecule has 0 heterocycles. The number of nitriles is 1. The van der Waals surface area contributed by atoms with E-state index in [1.165, 1.54) is 12.1 Å². The van der Waals surface area contributed by atoms with Crippen molar-refractivity contribution in [2.45, 2.75) is 6.61 Å². The van der Waals surface area contributed by atoms with Crippen molar-refractivity contribution in [3.63, 3.8) is 0 Å². The number of hydrogen-bond donors (Lipinski definition) is 0. The van der Waals surface area contributed by atoms with Crippen LogP contribution in [0.3, 0.4) is 0 Å². The van der Waals surface area contributed by atoms with E-state index in [4.69, 9.17) is 9.47 Å². The highest BCUT2D eigenvalue weighted by atomic mass is 127. The second-order valence-corrected chi connectivity index (χ2v) is 7.15. The Labute approximate surface area is 177 Å². The Balaban J connectivity index is 1.91. The van der Waals surface area contributed by atoms with Crippen LogP contribution in [0.1, 0.15) is 16.7 Å². The molecular weight excluding hydrogens is 468 g/mol. The van der Waals surface area contributed by atoms with Crippen LogP contribution in [0.2, 0.25) is 0 Å². The number of methoxy groups -OCH3 is 1. The molecule has 0 aliphatic carbocycles. The van der Waals surface area contributed by atoms with Gasteiger partial charge >= 0.3 is 0 Å². The van der Waals surface area contributed by atoms with E-state index in [2.05, 4.69) is 28.7 Å². The first-order valence-corrected chi connectivity index (χ1v) is 9.60. The molecule has 0 aromatic heterocycles. The maximum atomic E-state index is 13.5. The zero-order chi connectivity index (χ0) is 19.9. The highest BCUT2D eigenvalue weighted by molar-refractivity contribution is 14.1. The molecule has 0 saturated carbocycles. The van der Waals surface area contributed by atoms with Crippen LogP contribution in [0.4, 0.5) is 4.39 Å². The fraction of sp³-hybridized carbons (Fsp3) is 0.0870. The predicted molar refractivity (Wildman–Crippen MR) is 116 cm³/mol. The van der Waals surface area contributed by atoms with Crippen molar-refractivity contribution >= 4 is 34.2 Å². The SMILES string of the molecule is COc1cc(/C=C(/C#N)c2cccc(F)c2)cc(I)c1OCc1ccccc1. The van der Waals surface area contributed by atoms with E-state index in [0.717, 1.165) is 14.7 Å². The highest BCUT2D eigenvalue weighted by Gasteiger charge is 2.12. The minimum absolute atomic E-state index is 0.371. The molecule has 0 spiro atoms. The molecular formula is C23H17FINO2. The van der Waals surface area contributed by atoms with E-state index in [-0.39, 0.29) is 5.82 Å². The number of halogens is 2.